The van der Waals surface area contributed by atoms with Gasteiger partial charge >= 0.3 is 5.97 Å². The molecule has 4 rings (SSSR count). The number of halogens is 1. The summed E-state index contributed by atoms with van der Waals surface area (Å²) in [6.45, 7) is 0. The molecule has 0 unspecified atom stereocenters. The molecule has 4 aromatic rings. The summed E-state index contributed by atoms with van der Waals surface area (Å²) in [5.41, 5.74) is 2.73. The summed E-state index contributed by atoms with van der Waals surface area (Å²) in [5, 5.41) is 14.8. The molecule has 0 spiro atoms. The highest BCUT2D eigenvalue weighted by molar-refractivity contribution is 9.10. The van der Waals surface area contributed by atoms with E-state index in [0.717, 1.165) is 20.8 Å². The van der Waals surface area contributed by atoms with Crippen LogP contribution in [0.5, 0.6) is 0 Å². The van der Waals surface area contributed by atoms with E-state index in [2.05, 4.69) is 21.0 Å². The topological polar surface area (TPSA) is 81.4 Å². The Bertz CT molecular complexity index is 989. The molecule has 0 saturated heterocycles. The molecular formula is C15H9BrN2O4. The van der Waals surface area contributed by atoms with E-state index in [9.17, 15) is 4.79 Å². The van der Waals surface area contributed by atoms with Crippen LogP contribution in [0.3, 0.4) is 0 Å². The molecule has 0 aliphatic carbocycles. The first-order valence-corrected chi connectivity index (χ1v) is 7.21. The van der Waals surface area contributed by atoms with Crippen molar-refractivity contribution in [1.82, 2.24) is 9.78 Å². The Morgan fingerprint density at radius 2 is 1.91 bits per heavy atom. The van der Waals surface area contributed by atoms with Crippen molar-refractivity contribution < 1.29 is 18.7 Å². The lowest BCUT2D eigenvalue weighted by atomic mass is 10.0. The molecule has 0 radical (unpaired) electrons. The normalized spacial score (nSPS) is 11.5. The molecule has 7 heteroatoms. The van der Waals surface area contributed by atoms with Gasteiger partial charge in [0.05, 0.1) is 28.3 Å². The fourth-order valence-corrected chi connectivity index (χ4v) is 3.28. The fraction of sp³-hybridized carbons (Fsp3) is 0.0667. The van der Waals surface area contributed by atoms with Crippen molar-refractivity contribution in [2.75, 3.05) is 0 Å². The fourth-order valence-electron chi connectivity index (χ4n) is 2.66. The maximum absolute atomic E-state index is 11.2. The van der Waals surface area contributed by atoms with Crippen LogP contribution in [0.15, 0.2) is 44.0 Å². The molecule has 0 aliphatic rings. The molecule has 22 heavy (non-hydrogen) atoms. The standard InChI is InChI=1S/C15H9BrN2O4/c1-18-10(6-9(17-18)15(19)20)11-7-2-4-22-14(7)12(16)8-3-5-21-13(8)11/h2-6H,1H3,(H,19,20). The Balaban J connectivity index is 2.17. The van der Waals surface area contributed by atoms with E-state index in [1.165, 1.54) is 10.7 Å². The first kappa shape index (κ1) is 13.1. The molecule has 110 valence electrons. The second-order valence-corrected chi connectivity index (χ2v) is 5.65. The Morgan fingerprint density at radius 1 is 1.23 bits per heavy atom. The van der Waals surface area contributed by atoms with Gasteiger partial charge in [-0.2, -0.15) is 5.10 Å². The number of hydrogen-bond donors (Lipinski definition) is 1. The molecule has 3 aromatic heterocycles. The van der Waals surface area contributed by atoms with Crippen LogP contribution in [0.4, 0.5) is 0 Å². The molecule has 3 heterocycles. The van der Waals surface area contributed by atoms with Crippen molar-refractivity contribution >= 4 is 43.8 Å². The Labute approximate surface area is 132 Å². The van der Waals surface area contributed by atoms with Crippen LogP contribution >= 0.6 is 15.9 Å². The molecule has 1 N–H and O–H groups in total. The van der Waals surface area contributed by atoms with Crippen LogP contribution in [-0.4, -0.2) is 20.9 Å². The quantitative estimate of drug-likeness (QED) is 0.583. The van der Waals surface area contributed by atoms with Gasteiger partial charge in [-0.25, -0.2) is 4.79 Å². The van der Waals surface area contributed by atoms with Gasteiger partial charge in [0, 0.05) is 17.8 Å². The molecule has 6 nitrogen and oxygen atoms in total. The van der Waals surface area contributed by atoms with E-state index < -0.39 is 5.97 Å². The minimum absolute atomic E-state index is 0.0169. The maximum Gasteiger partial charge on any atom is 0.356 e. The minimum atomic E-state index is -1.07. The second-order valence-electron chi connectivity index (χ2n) is 4.86. The molecule has 0 atom stereocenters. The SMILES string of the molecule is Cn1nc(C(=O)O)cc1-c1c2ccoc2c(Br)c2ccoc12. The van der Waals surface area contributed by atoms with Crippen LogP contribution in [0.25, 0.3) is 33.2 Å². The van der Waals surface area contributed by atoms with Crippen molar-refractivity contribution in [3.05, 3.63) is 40.9 Å². The van der Waals surface area contributed by atoms with Gasteiger partial charge < -0.3 is 13.9 Å². The second kappa shape index (κ2) is 4.48. The number of carbonyl (C=O) groups is 1. The lowest BCUT2D eigenvalue weighted by Crippen LogP contribution is -1.99. The van der Waals surface area contributed by atoms with Gasteiger partial charge in [0.2, 0.25) is 0 Å². The van der Waals surface area contributed by atoms with Gasteiger partial charge in [-0.15, -0.1) is 0 Å². The average Bonchev–Trinajstić information content (AvgIpc) is 3.19. The van der Waals surface area contributed by atoms with Gasteiger partial charge in [-0.1, -0.05) is 0 Å². The van der Waals surface area contributed by atoms with E-state index in [1.807, 2.05) is 12.1 Å². The zero-order chi connectivity index (χ0) is 15.4. The number of carboxylic acids is 1. The predicted molar refractivity (Wildman–Crippen MR) is 82.8 cm³/mol. The molecule has 0 saturated carbocycles. The highest BCUT2D eigenvalue weighted by Crippen LogP contribution is 2.42. The molecule has 0 amide bonds. The first-order valence-electron chi connectivity index (χ1n) is 6.41. The summed E-state index contributed by atoms with van der Waals surface area (Å²) in [7, 11) is 1.70. The number of aromatic carboxylic acids is 1. The van der Waals surface area contributed by atoms with Crippen molar-refractivity contribution in [3.8, 4) is 11.3 Å². The van der Waals surface area contributed by atoms with E-state index in [4.69, 9.17) is 13.9 Å². The summed E-state index contributed by atoms with van der Waals surface area (Å²) in [6.07, 6.45) is 3.18. The molecule has 0 bridgehead atoms. The summed E-state index contributed by atoms with van der Waals surface area (Å²) in [5.74, 6) is -1.07. The van der Waals surface area contributed by atoms with E-state index in [1.54, 1.807) is 19.6 Å². The third kappa shape index (κ3) is 1.66. The zero-order valence-corrected chi connectivity index (χ0v) is 12.9. The molecule has 0 aliphatic heterocycles. The van der Waals surface area contributed by atoms with E-state index >= 15 is 0 Å². The largest absolute Gasteiger partial charge is 0.476 e. The summed E-state index contributed by atoms with van der Waals surface area (Å²) in [6, 6.07) is 5.18. The van der Waals surface area contributed by atoms with Gasteiger partial charge in [0.15, 0.2) is 5.69 Å². The number of furan rings is 2. The summed E-state index contributed by atoms with van der Waals surface area (Å²) >= 11 is 3.52. The van der Waals surface area contributed by atoms with Gasteiger partial charge in [-0.05, 0) is 34.1 Å². The number of rotatable bonds is 2. The lowest BCUT2D eigenvalue weighted by molar-refractivity contribution is 0.0689. The molecular weight excluding hydrogens is 352 g/mol. The van der Waals surface area contributed by atoms with Gasteiger partial charge in [-0.3, -0.25) is 4.68 Å². The van der Waals surface area contributed by atoms with Crippen LogP contribution < -0.4 is 0 Å². The Hall–Kier alpha value is -2.54. The summed E-state index contributed by atoms with van der Waals surface area (Å²) < 4.78 is 13.5. The smallest absolute Gasteiger partial charge is 0.356 e. The van der Waals surface area contributed by atoms with E-state index in [-0.39, 0.29) is 5.69 Å². The Kier molecular flexibility index (Phi) is 2.67. The van der Waals surface area contributed by atoms with E-state index in [0.29, 0.717) is 16.9 Å². The number of hydrogen-bond acceptors (Lipinski definition) is 4. The van der Waals surface area contributed by atoms with Crippen LogP contribution in [-0.2, 0) is 7.05 Å². The van der Waals surface area contributed by atoms with Crippen molar-refractivity contribution in [2.24, 2.45) is 7.05 Å². The summed E-state index contributed by atoms with van der Waals surface area (Å²) in [4.78, 5) is 11.2. The number of carboxylic acid groups (broad SMARTS) is 1. The monoisotopic (exact) mass is 360 g/mol. The minimum Gasteiger partial charge on any atom is -0.476 e. The highest BCUT2D eigenvalue weighted by atomic mass is 79.9. The number of aromatic nitrogens is 2. The van der Waals surface area contributed by atoms with Crippen molar-refractivity contribution in [1.29, 1.82) is 0 Å². The van der Waals surface area contributed by atoms with Gasteiger partial charge in [0.1, 0.15) is 11.2 Å². The third-order valence-electron chi connectivity index (χ3n) is 3.62. The zero-order valence-electron chi connectivity index (χ0n) is 11.3. The van der Waals surface area contributed by atoms with Crippen LogP contribution in [0.1, 0.15) is 10.5 Å². The Morgan fingerprint density at radius 3 is 2.59 bits per heavy atom. The van der Waals surface area contributed by atoms with Crippen molar-refractivity contribution in [3.63, 3.8) is 0 Å². The first-order chi connectivity index (χ1) is 10.6. The number of fused-ring (bicyclic) bond motifs is 2. The number of aryl methyl sites for hydroxylation is 1. The predicted octanol–water partition coefficient (Wildman–Crippen LogP) is 4.04. The average molecular weight is 361 g/mol. The third-order valence-corrected chi connectivity index (χ3v) is 4.41. The highest BCUT2D eigenvalue weighted by Gasteiger charge is 2.22. The van der Waals surface area contributed by atoms with Crippen molar-refractivity contribution in [2.45, 2.75) is 0 Å². The molecule has 1 aromatic carbocycles. The van der Waals surface area contributed by atoms with Crippen LogP contribution in [0, 0.1) is 0 Å². The number of benzene rings is 1. The van der Waals surface area contributed by atoms with Gasteiger partial charge in [0.25, 0.3) is 0 Å². The number of nitrogens with zero attached hydrogens (tertiary/aromatic N) is 2. The maximum atomic E-state index is 11.2. The lowest BCUT2D eigenvalue weighted by Gasteiger charge is -2.06. The van der Waals surface area contributed by atoms with Crippen LogP contribution in [0.2, 0.25) is 0 Å². The molecule has 0 fully saturated rings.